The normalized spacial score (nSPS) is 17.0. The van der Waals surface area contributed by atoms with Crippen LogP contribution < -0.4 is 5.32 Å². The topological polar surface area (TPSA) is 75.7 Å². The molecule has 0 aliphatic carbocycles. The van der Waals surface area contributed by atoms with E-state index in [4.69, 9.17) is 27.9 Å². The average Bonchev–Trinajstić information content (AvgIpc) is 2.79. The highest BCUT2D eigenvalue weighted by Gasteiger charge is 2.24. The molecular weight excluding hydrogens is 391 g/mol. The summed E-state index contributed by atoms with van der Waals surface area (Å²) in [5.41, 5.74) is 0.711. The van der Waals surface area contributed by atoms with E-state index in [-0.39, 0.29) is 18.5 Å². The van der Waals surface area contributed by atoms with Crippen molar-refractivity contribution in [3.63, 3.8) is 0 Å². The zero-order valence-electron chi connectivity index (χ0n) is 15.5. The van der Waals surface area contributed by atoms with Crippen molar-refractivity contribution >= 4 is 41.0 Å². The number of ether oxygens (including phenoxy) is 1. The van der Waals surface area contributed by atoms with Gasteiger partial charge in [0, 0.05) is 23.0 Å². The van der Waals surface area contributed by atoms with Crippen LogP contribution >= 0.6 is 23.2 Å². The SMILES string of the molecule is C[C@H](NC(=O)[C@@H](C)OC(=O)CN1CCCCCC1=O)c1ccc(Cl)cc1Cl. The number of esters is 1. The lowest BCUT2D eigenvalue weighted by Gasteiger charge is -2.22. The number of carbonyl (C=O) groups excluding carboxylic acids is 3. The van der Waals surface area contributed by atoms with Crippen LogP contribution in [-0.2, 0) is 19.1 Å². The molecule has 8 heteroatoms. The molecule has 1 aliphatic rings. The molecule has 1 aromatic carbocycles. The van der Waals surface area contributed by atoms with Gasteiger partial charge in [-0.15, -0.1) is 0 Å². The molecule has 1 aliphatic heterocycles. The van der Waals surface area contributed by atoms with E-state index in [1.165, 1.54) is 11.8 Å². The minimum atomic E-state index is -0.979. The molecule has 0 spiro atoms. The Morgan fingerprint density at radius 3 is 2.67 bits per heavy atom. The zero-order valence-corrected chi connectivity index (χ0v) is 17.0. The van der Waals surface area contributed by atoms with Gasteiger partial charge in [-0.3, -0.25) is 14.4 Å². The second-order valence-corrected chi connectivity index (χ2v) is 7.50. The second-order valence-electron chi connectivity index (χ2n) is 6.65. The van der Waals surface area contributed by atoms with Crippen molar-refractivity contribution in [2.75, 3.05) is 13.1 Å². The molecular formula is C19H24Cl2N2O4. The summed E-state index contributed by atoms with van der Waals surface area (Å²) >= 11 is 12.0. The van der Waals surface area contributed by atoms with E-state index in [0.717, 1.165) is 19.3 Å². The highest BCUT2D eigenvalue weighted by atomic mass is 35.5. The Hall–Kier alpha value is -1.79. The fourth-order valence-corrected chi connectivity index (χ4v) is 3.48. The third-order valence-electron chi connectivity index (χ3n) is 4.46. The van der Waals surface area contributed by atoms with E-state index in [0.29, 0.717) is 28.6 Å². The molecule has 1 N–H and O–H groups in total. The van der Waals surface area contributed by atoms with Crippen LogP contribution in [0.25, 0.3) is 0 Å². The van der Waals surface area contributed by atoms with Gasteiger partial charge in [-0.1, -0.05) is 35.7 Å². The first kappa shape index (κ1) is 21.5. The van der Waals surface area contributed by atoms with E-state index < -0.39 is 18.0 Å². The van der Waals surface area contributed by atoms with Crippen molar-refractivity contribution in [1.82, 2.24) is 10.2 Å². The lowest BCUT2D eigenvalue weighted by molar-refractivity contribution is -0.157. The first-order valence-corrected chi connectivity index (χ1v) is 9.76. The molecule has 0 unspecified atom stereocenters. The standard InChI is InChI=1S/C19H24Cl2N2O4/c1-12(15-8-7-14(20)10-16(15)21)22-19(26)13(2)27-18(25)11-23-9-5-3-4-6-17(23)24/h7-8,10,12-13H,3-6,9,11H2,1-2H3,(H,22,26)/t12-,13+/m0/s1. The molecule has 2 rings (SSSR count). The van der Waals surface area contributed by atoms with Crippen LogP contribution in [0.2, 0.25) is 10.0 Å². The van der Waals surface area contributed by atoms with Gasteiger partial charge >= 0.3 is 5.97 Å². The predicted octanol–water partition coefficient (Wildman–Crippen LogP) is 3.50. The van der Waals surface area contributed by atoms with Crippen molar-refractivity contribution < 1.29 is 19.1 Å². The highest BCUT2D eigenvalue weighted by molar-refractivity contribution is 6.35. The molecule has 2 atom stereocenters. The molecule has 27 heavy (non-hydrogen) atoms. The number of hydrogen-bond acceptors (Lipinski definition) is 4. The van der Waals surface area contributed by atoms with Crippen LogP contribution in [0.4, 0.5) is 0 Å². The Balaban J connectivity index is 1.86. The smallest absolute Gasteiger partial charge is 0.326 e. The van der Waals surface area contributed by atoms with Gasteiger partial charge in [-0.2, -0.15) is 0 Å². The summed E-state index contributed by atoms with van der Waals surface area (Å²) in [4.78, 5) is 37.9. The Morgan fingerprint density at radius 2 is 1.96 bits per heavy atom. The third kappa shape index (κ3) is 6.40. The molecule has 2 amide bonds. The molecule has 148 valence electrons. The van der Waals surface area contributed by atoms with Crippen LogP contribution in [0.3, 0.4) is 0 Å². The van der Waals surface area contributed by atoms with Crippen LogP contribution in [-0.4, -0.2) is 41.9 Å². The fraction of sp³-hybridized carbons (Fsp3) is 0.526. The monoisotopic (exact) mass is 414 g/mol. The number of benzene rings is 1. The van der Waals surface area contributed by atoms with E-state index in [1.807, 2.05) is 0 Å². The lowest BCUT2D eigenvalue weighted by Crippen LogP contribution is -2.41. The second kappa shape index (κ2) is 9.95. The lowest BCUT2D eigenvalue weighted by atomic mass is 10.1. The Morgan fingerprint density at radius 1 is 1.22 bits per heavy atom. The number of halogens is 2. The van der Waals surface area contributed by atoms with E-state index in [2.05, 4.69) is 5.32 Å². The summed E-state index contributed by atoms with van der Waals surface area (Å²) in [5.74, 6) is -1.08. The van der Waals surface area contributed by atoms with Crippen molar-refractivity contribution in [3.05, 3.63) is 33.8 Å². The number of rotatable bonds is 6. The van der Waals surface area contributed by atoms with Gasteiger partial charge < -0.3 is 15.0 Å². The van der Waals surface area contributed by atoms with E-state index in [9.17, 15) is 14.4 Å². The Kier molecular flexibility index (Phi) is 7.92. The number of amides is 2. The minimum absolute atomic E-state index is 0.0486. The molecule has 0 saturated carbocycles. The van der Waals surface area contributed by atoms with Gasteiger partial charge in [-0.25, -0.2) is 0 Å². The zero-order chi connectivity index (χ0) is 20.0. The van der Waals surface area contributed by atoms with Gasteiger partial charge in [0.15, 0.2) is 6.10 Å². The predicted molar refractivity (Wildman–Crippen MR) is 104 cm³/mol. The summed E-state index contributed by atoms with van der Waals surface area (Å²) in [6, 6.07) is 4.64. The van der Waals surface area contributed by atoms with Crippen LogP contribution in [0, 0.1) is 0 Å². The molecule has 0 aromatic heterocycles. The maximum Gasteiger partial charge on any atom is 0.326 e. The third-order valence-corrected chi connectivity index (χ3v) is 5.02. The summed E-state index contributed by atoms with van der Waals surface area (Å²) in [6.45, 7) is 3.68. The molecule has 6 nitrogen and oxygen atoms in total. The van der Waals surface area contributed by atoms with Crippen molar-refractivity contribution in [2.45, 2.75) is 51.7 Å². The fourth-order valence-electron chi connectivity index (χ4n) is 2.91. The number of nitrogens with one attached hydrogen (secondary N) is 1. The number of hydrogen-bond donors (Lipinski definition) is 1. The summed E-state index contributed by atoms with van der Waals surface area (Å²) in [7, 11) is 0. The van der Waals surface area contributed by atoms with E-state index >= 15 is 0 Å². The van der Waals surface area contributed by atoms with Gasteiger partial charge in [0.2, 0.25) is 5.91 Å². The summed E-state index contributed by atoms with van der Waals surface area (Å²) in [5, 5.41) is 3.71. The first-order valence-electron chi connectivity index (χ1n) is 9.00. The van der Waals surface area contributed by atoms with E-state index in [1.54, 1.807) is 25.1 Å². The van der Waals surface area contributed by atoms with Gasteiger partial charge in [0.1, 0.15) is 6.54 Å². The minimum Gasteiger partial charge on any atom is -0.451 e. The maximum atomic E-state index is 12.3. The molecule has 1 heterocycles. The van der Waals surface area contributed by atoms with Crippen molar-refractivity contribution in [1.29, 1.82) is 0 Å². The molecule has 0 bridgehead atoms. The number of carbonyl (C=O) groups is 3. The summed E-state index contributed by atoms with van der Waals surface area (Å²) in [6.07, 6.45) is 2.15. The first-order chi connectivity index (χ1) is 12.8. The van der Waals surface area contributed by atoms with Crippen LogP contribution in [0.5, 0.6) is 0 Å². The molecule has 0 radical (unpaired) electrons. The van der Waals surface area contributed by atoms with Gasteiger partial charge in [-0.05, 0) is 44.4 Å². The average molecular weight is 415 g/mol. The summed E-state index contributed by atoms with van der Waals surface area (Å²) < 4.78 is 5.19. The van der Waals surface area contributed by atoms with Crippen molar-refractivity contribution in [2.24, 2.45) is 0 Å². The molecule has 1 aromatic rings. The Bertz CT molecular complexity index is 711. The Labute approximate surface area is 169 Å². The van der Waals surface area contributed by atoms with Gasteiger partial charge in [0.05, 0.1) is 6.04 Å². The molecule has 1 saturated heterocycles. The van der Waals surface area contributed by atoms with Crippen molar-refractivity contribution in [3.8, 4) is 0 Å². The van der Waals surface area contributed by atoms with Gasteiger partial charge in [0.25, 0.3) is 5.91 Å². The van der Waals surface area contributed by atoms with Crippen LogP contribution in [0.15, 0.2) is 18.2 Å². The number of nitrogens with zero attached hydrogens (tertiary/aromatic N) is 1. The number of likely N-dealkylation sites (tertiary alicyclic amines) is 1. The van der Waals surface area contributed by atoms with Crippen LogP contribution in [0.1, 0.15) is 51.1 Å². The maximum absolute atomic E-state index is 12.3. The molecule has 1 fully saturated rings. The highest BCUT2D eigenvalue weighted by Crippen LogP contribution is 2.26. The quantitative estimate of drug-likeness (QED) is 0.722. The largest absolute Gasteiger partial charge is 0.451 e.